The number of hydrogen-bond acceptors (Lipinski definition) is 6. The number of hydrogen-bond donors (Lipinski definition) is 2. The van der Waals surface area contributed by atoms with Crippen molar-refractivity contribution in [3.05, 3.63) is 64.7 Å². The molecule has 2 rings (SSSR count). The molecule has 0 saturated heterocycles. The molecule has 0 aliphatic rings. The maximum atomic E-state index is 12.2. The molecule has 0 saturated carbocycles. The van der Waals surface area contributed by atoms with Crippen molar-refractivity contribution in [3.8, 4) is 5.75 Å². The molecule has 2 aromatic carbocycles. The predicted molar refractivity (Wildman–Crippen MR) is 117 cm³/mol. The number of ether oxygens (including phenoxy) is 3. The van der Waals surface area contributed by atoms with Crippen molar-refractivity contribution in [2.45, 2.75) is 52.0 Å². The molecule has 0 bridgehead atoms. The Morgan fingerprint density at radius 2 is 1.81 bits per heavy atom. The average Bonchev–Trinajstić information content (AvgIpc) is 2.69. The number of amides is 1. The number of carbonyl (C=O) groups is 2. The average molecular weight is 450 g/mol. The molecule has 0 fully saturated rings. The van der Waals surface area contributed by atoms with E-state index in [0.717, 1.165) is 5.56 Å². The van der Waals surface area contributed by atoms with Crippen LogP contribution in [0.1, 0.15) is 44.9 Å². The summed E-state index contributed by atoms with van der Waals surface area (Å²) in [4.78, 5) is 23.8. The number of nitrogens with one attached hydrogen (secondary N) is 1. The second kappa shape index (κ2) is 11.0. The smallest absolute Gasteiger partial charge is 0.408 e. The summed E-state index contributed by atoms with van der Waals surface area (Å²) in [6, 6.07) is 13.6. The SMILES string of the molecule is CC(=O)O[C@H](c1ccc(OCc2ccccc2)c(Cl)c1)[C@@H](CO)NC(=O)OC(C)(C)C. The lowest BCUT2D eigenvalue weighted by atomic mass is 10.0. The van der Waals surface area contributed by atoms with E-state index in [9.17, 15) is 14.7 Å². The van der Waals surface area contributed by atoms with Crippen LogP contribution < -0.4 is 10.1 Å². The van der Waals surface area contributed by atoms with E-state index in [1.807, 2.05) is 30.3 Å². The number of alkyl carbamates (subject to hydrolysis) is 1. The second-order valence-electron chi connectivity index (χ2n) is 7.93. The van der Waals surface area contributed by atoms with Gasteiger partial charge >= 0.3 is 12.1 Å². The van der Waals surface area contributed by atoms with Crippen molar-refractivity contribution >= 4 is 23.7 Å². The van der Waals surface area contributed by atoms with Crippen LogP contribution in [0, 0.1) is 0 Å². The first-order valence-electron chi connectivity index (χ1n) is 9.83. The standard InChI is InChI=1S/C23H28ClNO6/c1-15(27)30-21(19(13-26)25-22(28)31-23(2,3)4)17-10-11-20(18(24)12-17)29-14-16-8-6-5-7-9-16/h5-12,19,21,26H,13-14H2,1-4H3,(H,25,28)/t19-,21-/m1/s1. The molecule has 2 atom stereocenters. The van der Waals surface area contributed by atoms with Gasteiger partial charge in [-0.2, -0.15) is 0 Å². The summed E-state index contributed by atoms with van der Waals surface area (Å²) in [6.07, 6.45) is -1.71. The van der Waals surface area contributed by atoms with E-state index >= 15 is 0 Å². The summed E-state index contributed by atoms with van der Waals surface area (Å²) < 4.78 is 16.4. The van der Waals surface area contributed by atoms with Gasteiger partial charge in [0.2, 0.25) is 0 Å². The first-order valence-corrected chi connectivity index (χ1v) is 10.2. The Balaban J connectivity index is 2.19. The third kappa shape index (κ3) is 8.11. The van der Waals surface area contributed by atoms with E-state index in [4.69, 9.17) is 25.8 Å². The number of rotatable bonds is 8. The van der Waals surface area contributed by atoms with Gasteiger partial charge < -0.3 is 24.6 Å². The van der Waals surface area contributed by atoms with Gasteiger partial charge in [0, 0.05) is 6.92 Å². The van der Waals surface area contributed by atoms with Gasteiger partial charge in [-0.05, 0) is 44.0 Å². The van der Waals surface area contributed by atoms with Gasteiger partial charge in [0.15, 0.2) is 0 Å². The summed E-state index contributed by atoms with van der Waals surface area (Å²) in [7, 11) is 0. The van der Waals surface area contributed by atoms with Gasteiger partial charge in [0.25, 0.3) is 0 Å². The van der Waals surface area contributed by atoms with Crippen LogP contribution in [-0.4, -0.2) is 35.4 Å². The summed E-state index contributed by atoms with van der Waals surface area (Å²) in [5.41, 5.74) is 0.756. The minimum absolute atomic E-state index is 0.305. The zero-order chi connectivity index (χ0) is 23.0. The molecule has 31 heavy (non-hydrogen) atoms. The van der Waals surface area contributed by atoms with Gasteiger partial charge in [0.1, 0.15) is 24.1 Å². The number of halogens is 1. The minimum atomic E-state index is -0.976. The zero-order valence-corrected chi connectivity index (χ0v) is 18.8. The highest BCUT2D eigenvalue weighted by atomic mass is 35.5. The van der Waals surface area contributed by atoms with Gasteiger partial charge in [0.05, 0.1) is 17.7 Å². The molecular weight excluding hydrogens is 422 g/mol. The van der Waals surface area contributed by atoms with Crippen molar-refractivity contribution in [1.29, 1.82) is 0 Å². The monoisotopic (exact) mass is 449 g/mol. The van der Waals surface area contributed by atoms with Crippen LogP contribution in [0.3, 0.4) is 0 Å². The molecule has 0 heterocycles. The molecule has 0 unspecified atom stereocenters. The van der Waals surface area contributed by atoms with Crippen molar-refractivity contribution in [2.75, 3.05) is 6.61 Å². The molecule has 168 valence electrons. The fourth-order valence-electron chi connectivity index (χ4n) is 2.78. The maximum Gasteiger partial charge on any atom is 0.408 e. The highest BCUT2D eigenvalue weighted by molar-refractivity contribution is 6.32. The zero-order valence-electron chi connectivity index (χ0n) is 18.1. The molecule has 1 amide bonds. The van der Waals surface area contributed by atoms with E-state index < -0.39 is 36.4 Å². The van der Waals surface area contributed by atoms with Crippen molar-refractivity contribution in [3.63, 3.8) is 0 Å². The topological polar surface area (TPSA) is 94.1 Å². The molecular formula is C23H28ClNO6. The lowest BCUT2D eigenvalue weighted by Gasteiger charge is -2.28. The van der Waals surface area contributed by atoms with Crippen molar-refractivity contribution in [1.82, 2.24) is 5.32 Å². The van der Waals surface area contributed by atoms with Crippen molar-refractivity contribution in [2.24, 2.45) is 0 Å². The third-order valence-corrected chi connectivity index (χ3v) is 4.37. The van der Waals surface area contributed by atoms with E-state index in [1.54, 1.807) is 39.0 Å². The highest BCUT2D eigenvalue weighted by Gasteiger charge is 2.29. The van der Waals surface area contributed by atoms with E-state index in [1.165, 1.54) is 6.92 Å². The molecule has 2 aromatic rings. The molecule has 0 aliphatic heterocycles. The van der Waals surface area contributed by atoms with Gasteiger partial charge in [-0.3, -0.25) is 4.79 Å². The fourth-order valence-corrected chi connectivity index (χ4v) is 3.03. The summed E-state index contributed by atoms with van der Waals surface area (Å²) in [6.45, 7) is 6.26. The molecule has 0 spiro atoms. The van der Waals surface area contributed by atoms with Gasteiger partial charge in [-0.25, -0.2) is 4.79 Å². The maximum absolute atomic E-state index is 12.2. The van der Waals surface area contributed by atoms with E-state index in [2.05, 4.69) is 5.32 Å². The first-order chi connectivity index (χ1) is 14.6. The van der Waals surface area contributed by atoms with Crippen LogP contribution in [0.15, 0.2) is 48.5 Å². The van der Waals surface area contributed by atoms with Crippen LogP contribution in [0.25, 0.3) is 0 Å². The third-order valence-electron chi connectivity index (χ3n) is 4.08. The molecule has 0 aromatic heterocycles. The predicted octanol–water partition coefficient (Wildman–Crippen LogP) is 4.41. The highest BCUT2D eigenvalue weighted by Crippen LogP contribution is 2.31. The van der Waals surface area contributed by atoms with Crippen LogP contribution >= 0.6 is 11.6 Å². The van der Waals surface area contributed by atoms with Crippen molar-refractivity contribution < 1.29 is 28.9 Å². The Hall–Kier alpha value is -2.77. The van der Waals surface area contributed by atoms with Crippen LogP contribution in [-0.2, 0) is 20.9 Å². The molecule has 7 nitrogen and oxygen atoms in total. The van der Waals surface area contributed by atoms with Crippen LogP contribution in [0.4, 0.5) is 4.79 Å². The van der Waals surface area contributed by atoms with Crippen LogP contribution in [0.2, 0.25) is 5.02 Å². The van der Waals surface area contributed by atoms with E-state index in [0.29, 0.717) is 22.9 Å². The van der Waals surface area contributed by atoms with E-state index in [-0.39, 0.29) is 0 Å². The number of esters is 1. The normalized spacial score (nSPS) is 13.1. The number of aliphatic hydroxyl groups excluding tert-OH is 1. The number of benzene rings is 2. The van der Waals surface area contributed by atoms with Gasteiger partial charge in [-0.1, -0.05) is 48.0 Å². The largest absolute Gasteiger partial charge is 0.487 e. The Bertz CT molecular complexity index is 881. The summed E-state index contributed by atoms with van der Waals surface area (Å²) >= 11 is 6.38. The molecule has 8 heteroatoms. The minimum Gasteiger partial charge on any atom is -0.487 e. The Kier molecular flexibility index (Phi) is 8.71. The van der Waals surface area contributed by atoms with Crippen LogP contribution in [0.5, 0.6) is 5.75 Å². The Morgan fingerprint density at radius 1 is 1.13 bits per heavy atom. The molecule has 2 N–H and O–H groups in total. The van der Waals surface area contributed by atoms with Gasteiger partial charge in [-0.15, -0.1) is 0 Å². The first kappa shape index (κ1) is 24.5. The quantitative estimate of drug-likeness (QED) is 0.580. The molecule has 0 radical (unpaired) electrons. The Morgan fingerprint density at radius 3 is 2.35 bits per heavy atom. The second-order valence-corrected chi connectivity index (χ2v) is 8.34. The number of aliphatic hydroxyl groups is 1. The Labute approximate surface area is 187 Å². The molecule has 0 aliphatic carbocycles. The fraction of sp³-hybridized carbons (Fsp3) is 0.391. The number of carbonyl (C=O) groups excluding carboxylic acids is 2. The lowest BCUT2D eigenvalue weighted by Crippen LogP contribution is -2.45. The summed E-state index contributed by atoms with van der Waals surface area (Å²) in [5.74, 6) is -0.119. The summed E-state index contributed by atoms with van der Waals surface area (Å²) in [5, 5.41) is 12.7. The lowest BCUT2D eigenvalue weighted by molar-refractivity contribution is -0.149.